The fourth-order valence-electron chi connectivity index (χ4n) is 1.68. The minimum atomic E-state index is -0.391. The van der Waals surface area contributed by atoms with Crippen LogP contribution in [0.25, 0.3) is 0 Å². The van der Waals surface area contributed by atoms with Crippen LogP contribution in [0.15, 0.2) is 47.6 Å². The number of carbonyl (C=O) groups excluding carboxylic acids is 1. The minimum absolute atomic E-state index is 0.355. The molecule has 108 valence electrons. The minimum Gasteiger partial charge on any atom is -0.267 e. The van der Waals surface area contributed by atoms with Crippen LogP contribution in [0.1, 0.15) is 22.8 Å². The summed E-state index contributed by atoms with van der Waals surface area (Å²) in [6, 6.07) is 11.8. The first kappa shape index (κ1) is 15.8. The highest BCUT2D eigenvalue weighted by atomic mass is 35.5. The Hall–Kier alpha value is -1.55. The Labute approximate surface area is 137 Å². The van der Waals surface area contributed by atoms with Crippen molar-refractivity contribution in [1.29, 1.82) is 0 Å². The molecule has 2 aromatic rings. The highest BCUT2D eigenvalue weighted by Gasteiger charge is 2.10. The number of hydrazone groups is 1. The lowest BCUT2D eigenvalue weighted by Gasteiger charge is -2.06. The van der Waals surface area contributed by atoms with Crippen molar-refractivity contribution in [2.24, 2.45) is 5.10 Å². The fourth-order valence-corrected chi connectivity index (χ4v) is 2.32. The molecule has 0 aliphatic heterocycles. The predicted octanol–water partition coefficient (Wildman–Crippen LogP) is 4.80. The highest BCUT2D eigenvalue weighted by Crippen LogP contribution is 2.21. The number of nitrogens with zero attached hydrogens (tertiary/aromatic N) is 1. The quantitative estimate of drug-likeness (QED) is 0.632. The van der Waals surface area contributed by atoms with Crippen LogP contribution in [0, 0.1) is 0 Å². The molecule has 1 amide bonds. The number of benzene rings is 2. The molecule has 0 bridgehead atoms. The monoisotopic (exact) mass is 340 g/mol. The number of hydrogen-bond acceptors (Lipinski definition) is 2. The third-order valence-electron chi connectivity index (χ3n) is 2.76. The van der Waals surface area contributed by atoms with Gasteiger partial charge in [0, 0.05) is 15.6 Å². The van der Waals surface area contributed by atoms with Gasteiger partial charge in [0.2, 0.25) is 0 Å². The Morgan fingerprint density at radius 1 is 1.00 bits per heavy atom. The number of hydrogen-bond donors (Lipinski definition) is 1. The summed E-state index contributed by atoms with van der Waals surface area (Å²) < 4.78 is 0. The standard InChI is InChI=1S/C15H11Cl3N2O/c1-9(12-8-10(16)6-7-14(12)18)19-20-15(21)11-4-2-3-5-13(11)17/h2-8H,1H3,(H,20,21)/b19-9+. The van der Waals surface area contributed by atoms with Gasteiger partial charge in [-0.2, -0.15) is 5.10 Å². The van der Waals surface area contributed by atoms with E-state index >= 15 is 0 Å². The summed E-state index contributed by atoms with van der Waals surface area (Å²) >= 11 is 17.9. The van der Waals surface area contributed by atoms with Gasteiger partial charge in [0.05, 0.1) is 16.3 Å². The third kappa shape index (κ3) is 3.97. The average molecular weight is 342 g/mol. The second-order valence-electron chi connectivity index (χ2n) is 4.24. The Kier molecular flexibility index (Phi) is 5.23. The van der Waals surface area contributed by atoms with Crippen LogP contribution in [0.2, 0.25) is 15.1 Å². The molecule has 2 aromatic carbocycles. The average Bonchev–Trinajstić information content (AvgIpc) is 2.47. The lowest BCUT2D eigenvalue weighted by atomic mass is 10.1. The number of halogens is 3. The van der Waals surface area contributed by atoms with Crippen molar-refractivity contribution >= 4 is 46.4 Å². The van der Waals surface area contributed by atoms with E-state index in [1.807, 2.05) is 0 Å². The van der Waals surface area contributed by atoms with Gasteiger partial charge in [0.25, 0.3) is 5.91 Å². The van der Waals surface area contributed by atoms with Crippen LogP contribution in [-0.4, -0.2) is 11.6 Å². The summed E-state index contributed by atoms with van der Waals surface area (Å²) in [4.78, 5) is 12.0. The first-order chi connectivity index (χ1) is 9.99. The van der Waals surface area contributed by atoms with Crippen molar-refractivity contribution in [3.05, 3.63) is 68.7 Å². The molecule has 0 atom stereocenters. The van der Waals surface area contributed by atoms with Crippen molar-refractivity contribution in [2.75, 3.05) is 0 Å². The van der Waals surface area contributed by atoms with Gasteiger partial charge in [0.1, 0.15) is 0 Å². The molecule has 0 saturated heterocycles. The van der Waals surface area contributed by atoms with Gasteiger partial charge in [-0.05, 0) is 37.3 Å². The molecular formula is C15H11Cl3N2O. The second kappa shape index (κ2) is 6.94. The van der Waals surface area contributed by atoms with Crippen LogP contribution < -0.4 is 5.43 Å². The van der Waals surface area contributed by atoms with Gasteiger partial charge in [-0.15, -0.1) is 0 Å². The van der Waals surface area contributed by atoms with Crippen LogP contribution in [-0.2, 0) is 0 Å². The first-order valence-electron chi connectivity index (χ1n) is 6.03. The number of nitrogens with one attached hydrogen (secondary N) is 1. The van der Waals surface area contributed by atoms with E-state index in [-0.39, 0.29) is 0 Å². The van der Waals surface area contributed by atoms with E-state index in [2.05, 4.69) is 10.5 Å². The van der Waals surface area contributed by atoms with Crippen molar-refractivity contribution in [3.8, 4) is 0 Å². The summed E-state index contributed by atoms with van der Waals surface area (Å²) in [5.74, 6) is -0.391. The number of carbonyl (C=O) groups is 1. The van der Waals surface area contributed by atoms with E-state index < -0.39 is 5.91 Å². The van der Waals surface area contributed by atoms with Gasteiger partial charge < -0.3 is 0 Å². The molecule has 21 heavy (non-hydrogen) atoms. The Morgan fingerprint density at radius 2 is 1.67 bits per heavy atom. The van der Waals surface area contributed by atoms with Crippen LogP contribution in [0.5, 0.6) is 0 Å². The Balaban J connectivity index is 2.19. The van der Waals surface area contributed by atoms with Crippen LogP contribution in [0.3, 0.4) is 0 Å². The van der Waals surface area contributed by atoms with Crippen molar-refractivity contribution in [2.45, 2.75) is 6.92 Å². The molecule has 0 heterocycles. The normalized spacial score (nSPS) is 11.3. The summed E-state index contributed by atoms with van der Waals surface area (Å²) in [6.45, 7) is 1.73. The smallest absolute Gasteiger partial charge is 0.267 e. The molecule has 0 saturated carbocycles. The predicted molar refractivity (Wildman–Crippen MR) is 87.6 cm³/mol. The first-order valence-corrected chi connectivity index (χ1v) is 7.17. The SMILES string of the molecule is C/C(=N\NC(=O)c1ccccc1Cl)c1cc(Cl)ccc1Cl. The van der Waals surface area contributed by atoms with Gasteiger partial charge in [-0.25, -0.2) is 5.43 Å². The molecule has 0 spiro atoms. The lowest BCUT2D eigenvalue weighted by Crippen LogP contribution is -2.19. The maximum absolute atomic E-state index is 12.0. The Bertz CT molecular complexity index is 714. The topological polar surface area (TPSA) is 41.5 Å². The Morgan fingerprint density at radius 3 is 2.38 bits per heavy atom. The van der Waals surface area contributed by atoms with Gasteiger partial charge in [0.15, 0.2) is 0 Å². The largest absolute Gasteiger partial charge is 0.272 e. The molecule has 0 fully saturated rings. The van der Waals surface area contributed by atoms with Crippen molar-refractivity contribution in [1.82, 2.24) is 5.43 Å². The third-order valence-corrected chi connectivity index (χ3v) is 3.66. The van der Waals surface area contributed by atoms with Gasteiger partial charge >= 0.3 is 0 Å². The molecule has 0 aliphatic rings. The summed E-state index contributed by atoms with van der Waals surface area (Å²) in [5, 5.41) is 5.44. The molecule has 0 radical (unpaired) electrons. The molecule has 3 nitrogen and oxygen atoms in total. The highest BCUT2D eigenvalue weighted by molar-refractivity contribution is 6.36. The van der Waals surface area contributed by atoms with Crippen LogP contribution in [0.4, 0.5) is 0 Å². The molecule has 6 heteroatoms. The molecule has 0 aliphatic carbocycles. The molecular weight excluding hydrogens is 331 g/mol. The summed E-state index contributed by atoms with van der Waals surface area (Å²) in [5.41, 5.74) is 4.00. The van der Waals surface area contributed by atoms with E-state index in [0.29, 0.717) is 31.9 Å². The second-order valence-corrected chi connectivity index (χ2v) is 5.49. The summed E-state index contributed by atoms with van der Waals surface area (Å²) in [6.07, 6.45) is 0. The zero-order valence-corrected chi connectivity index (χ0v) is 13.3. The zero-order valence-electron chi connectivity index (χ0n) is 11.0. The van der Waals surface area contributed by atoms with E-state index in [0.717, 1.165) is 0 Å². The lowest BCUT2D eigenvalue weighted by molar-refractivity contribution is 0.0955. The van der Waals surface area contributed by atoms with E-state index in [4.69, 9.17) is 34.8 Å². The zero-order chi connectivity index (χ0) is 15.4. The van der Waals surface area contributed by atoms with Crippen LogP contribution >= 0.6 is 34.8 Å². The number of amides is 1. The molecule has 0 aromatic heterocycles. The van der Waals surface area contributed by atoms with Gasteiger partial charge in [-0.1, -0.05) is 46.9 Å². The van der Waals surface area contributed by atoms with Crippen molar-refractivity contribution in [3.63, 3.8) is 0 Å². The fraction of sp³-hybridized carbons (Fsp3) is 0.0667. The molecule has 2 rings (SSSR count). The number of rotatable bonds is 3. The molecule has 1 N–H and O–H groups in total. The van der Waals surface area contributed by atoms with E-state index in [1.165, 1.54) is 0 Å². The van der Waals surface area contributed by atoms with E-state index in [1.54, 1.807) is 49.4 Å². The molecule has 0 unspecified atom stereocenters. The van der Waals surface area contributed by atoms with E-state index in [9.17, 15) is 4.79 Å². The van der Waals surface area contributed by atoms with Crippen molar-refractivity contribution < 1.29 is 4.79 Å². The summed E-state index contributed by atoms with van der Waals surface area (Å²) in [7, 11) is 0. The van der Waals surface area contributed by atoms with Gasteiger partial charge in [-0.3, -0.25) is 4.79 Å². The maximum Gasteiger partial charge on any atom is 0.272 e. The maximum atomic E-state index is 12.0.